The number of carboxylic acid groups (broad SMARTS) is 1. The molecule has 2 N–H and O–H groups in total. The predicted octanol–water partition coefficient (Wildman–Crippen LogP) is -0.234. The second kappa shape index (κ2) is 9.30. The number of nitrogens with zero attached hydrogens (tertiary/aromatic N) is 2. The van der Waals surface area contributed by atoms with Crippen LogP contribution in [0.3, 0.4) is 0 Å². The Morgan fingerprint density at radius 2 is 1.65 bits per heavy atom. The van der Waals surface area contributed by atoms with E-state index in [0.29, 0.717) is 13.1 Å². The smallest absolute Gasteiger partial charge is 0.317 e. The van der Waals surface area contributed by atoms with E-state index in [1.807, 2.05) is 13.8 Å². The molecule has 0 aliphatic carbocycles. The standard InChI is InChI=1S/C13H25N3O4/c1-5-15(9-13(19)20)8-12(18)16(6-2)7-11(17)14-10(3)4/h10H,5-9H2,1-4H3,(H,14,17)(H,19,20). The third kappa shape index (κ3) is 7.73. The van der Waals surface area contributed by atoms with E-state index in [0.717, 1.165) is 0 Å². The summed E-state index contributed by atoms with van der Waals surface area (Å²) in [5, 5.41) is 11.5. The predicted molar refractivity (Wildman–Crippen MR) is 75.3 cm³/mol. The summed E-state index contributed by atoms with van der Waals surface area (Å²) < 4.78 is 0. The monoisotopic (exact) mass is 287 g/mol. The van der Waals surface area contributed by atoms with Crippen LogP contribution in [0, 0.1) is 0 Å². The van der Waals surface area contributed by atoms with Gasteiger partial charge in [0.15, 0.2) is 0 Å². The van der Waals surface area contributed by atoms with Gasteiger partial charge in [0.05, 0.1) is 19.6 Å². The van der Waals surface area contributed by atoms with Crippen LogP contribution in [0.4, 0.5) is 0 Å². The molecule has 0 heterocycles. The number of carbonyl (C=O) groups excluding carboxylic acids is 2. The number of amides is 2. The van der Waals surface area contributed by atoms with E-state index in [1.54, 1.807) is 13.8 Å². The highest BCUT2D eigenvalue weighted by Crippen LogP contribution is 1.95. The molecule has 0 aromatic heterocycles. The SMILES string of the molecule is CCN(CC(=O)O)CC(=O)N(CC)CC(=O)NC(C)C. The maximum atomic E-state index is 12.1. The number of nitrogens with one attached hydrogen (secondary N) is 1. The number of hydrogen-bond donors (Lipinski definition) is 2. The van der Waals surface area contributed by atoms with Gasteiger partial charge in [-0.3, -0.25) is 19.3 Å². The number of carbonyl (C=O) groups is 3. The molecule has 0 aromatic carbocycles. The van der Waals surface area contributed by atoms with E-state index >= 15 is 0 Å². The van der Waals surface area contributed by atoms with Gasteiger partial charge in [0, 0.05) is 12.6 Å². The van der Waals surface area contributed by atoms with Crippen molar-refractivity contribution < 1.29 is 19.5 Å². The van der Waals surface area contributed by atoms with Crippen LogP contribution in [0.25, 0.3) is 0 Å². The third-order valence-electron chi connectivity index (χ3n) is 2.68. The van der Waals surface area contributed by atoms with Crippen LogP contribution in [0.5, 0.6) is 0 Å². The molecule has 0 aromatic rings. The van der Waals surface area contributed by atoms with Gasteiger partial charge in [0.1, 0.15) is 0 Å². The highest BCUT2D eigenvalue weighted by molar-refractivity contribution is 5.86. The molecule has 0 rings (SSSR count). The highest BCUT2D eigenvalue weighted by Gasteiger charge is 2.19. The lowest BCUT2D eigenvalue weighted by molar-refractivity contribution is -0.141. The quantitative estimate of drug-likeness (QED) is 0.611. The van der Waals surface area contributed by atoms with Gasteiger partial charge in [0.25, 0.3) is 0 Å². The Balaban J connectivity index is 4.45. The highest BCUT2D eigenvalue weighted by atomic mass is 16.4. The molecular formula is C13H25N3O4. The van der Waals surface area contributed by atoms with Gasteiger partial charge in [-0.1, -0.05) is 6.92 Å². The average molecular weight is 287 g/mol. The lowest BCUT2D eigenvalue weighted by Crippen LogP contribution is -2.46. The van der Waals surface area contributed by atoms with Crippen molar-refractivity contribution in [3.63, 3.8) is 0 Å². The molecule has 0 unspecified atom stereocenters. The average Bonchev–Trinajstić information content (AvgIpc) is 2.33. The molecule has 116 valence electrons. The molecular weight excluding hydrogens is 262 g/mol. The van der Waals surface area contributed by atoms with Gasteiger partial charge in [-0.05, 0) is 27.3 Å². The van der Waals surface area contributed by atoms with E-state index in [9.17, 15) is 14.4 Å². The van der Waals surface area contributed by atoms with Gasteiger partial charge < -0.3 is 15.3 Å². The van der Waals surface area contributed by atoms with E-state index in [-0.39, 0.29) is 37.5 Å². The molecule has 0 bridgehead atoms. The van der Waals surface area contributed by atoms with Crippen molar-refractivity contribution in [2.24, 2.45) is 0 Å². The van der Waals surface area contributed by atoms with Crippen molar-refractivity contribution in [2.75, 3.05) is 32.7 Å². The lowest BCUT2D eigenvalue weighted by Gasteiger charge is -2.25. The fourth-order valence-corrected chi connectivity index (χ4v) is 1.68. The van der Waals surface area contributed by atoms with Crippen molar-refractivity contribution in [1.29, 1.82) is 0 Å². The first-order chi connectivity index (χ1) is 9.29. The van der Waals surface area contributed by atoms with Gasteiger partial charge in [0.2, 0.25) is 11.8 Å². The molecule has 0 radical (unpaired) electrons. The molecule has 0 aliphatic heterocycles. The zero-order chi connectivity index (χ0) is 15.7. The number of aliphatic carboxylic acids is 1. The summed E-state index contributed by atoms with van der Waals surface area (Å²) in [5.74, 6) is -1.42. The lowest BCUT2D eigenvalue weighted by atomic mass is 10.3. The summed E-state index contributed by atoms with van der Waals surface area (Å²) in [6, 6.07) is 0.0236. The van der Waals surface area contributed by atoms with Crippen LogP contribution >= 0.6 is 0 Å². The molecule has 0 saturated carbocycles. The van der Waals surface area contributed by atoms with Crippen molar-refractivity contribution in [1.82, 2.24) is 15.1 Å². The zero-order valence-electron chi connectivity index (χ0n) is 12.7. The summed E-state index contributed by atoms with van der Waals surface area (Å²) >= 11 is 0. The number of rotatable bonds is 9. The maximum absolute atomic E-state index is 12.1. The Morgan fingerprint density at radius 3 is 2.05 bits per heavy atom. The molecule has 7 heteroatoms. The number of hydrogen-bond acceptors (Lipinski definition) is 4. The van der Waals surface area contributed by atoms with Crippen LogP contribution in [0.15, 0.2) is 0 Å². The molecule has 0 fully saturated rings. The fraction of sp³-hybridized carbons (Fsp3) is 0.769. The second-order valence-electron chi connectivity index (χ2n) is 4.83. The Hall–Kier alpha value is -1.63. The summed E-state index contributed by atoms with van der Waals surface area (Å²) in [7, 11) is 0. The first-order valence-electron chi connectivity index (χ1n) is 6.81. The van der Waals surface area contributed by atoms with E-state index in [1.165, 1.54) is 9.80 Å². The number of likely N-dealkylation sites (N-methyl/N-ethyl adjacent to an activating group) is 2. The van der Waals surface area contributed by atoms with Gasteiger partial charge in [-0.2, -0.15) is 0 Å². The zero-order valence-corrected chi connectivity index (χ0v) is 12.7. The van der Waals surface area contributed by atoms with E-state index in [2.05, 4.69) is 5.32 Å². The largest absolute Gasteiger partial charge is 0.480 e. The van der Waals surface area contributed by atoms with E-state index < -0.39 is 5.97 Å². The van der Waals surface area contributed by atoms with Gasteiger partial charge >= 0.3 is 5.97 Å². The topological polar surface area (TPSA) is 90.0 Å². The fourth-order valence-electron chi connectivity index (χ4n) is 1.68. The van der Waals surface area contributed by atoms with Crippen molar-refractivity contribution in [3.8, 4) is 0 Å². The molecule has 0 saturated heterocycles. The molecule has 7 nitrogen and oxygen atoms in total. The Bertz CT molecular complexity index is 345. The van der Waals surface area contributed by atoms with Gasteiger partial charge in [-0.25, -0.2) is 0 Å². The maximum Gasteiger partial charge on any atom is 0.317 e. The minimum Gasteiger partial charge on any atom is -0.480 e. The Labute approximate surface area is 119 Å². The van der Waals surface area contributed by atoms with Crippen LogP contribution in [-0.4, -0.2) is 71.5 Å². The van der Waals surface area contributed by atoms with Crippen LogP contribution in [0.2, 0.25) is 0 Å². The normalized spacial score (nSPS) is 10.7. The molecule has 0 aliphatic rings. The molecule has 0 spiro atoms. The first-order valence-corrected chi connectivity index (χ1v) is 6.81. The molecule has 0 atom stereocenters. The molecule has 20 heavy (non-hydrogen) atoms. The van der Waals surface area contributed by atoms with Crippen LogP contribution in [-0.2, 0) is 14.4 Å². The third-order valence-corrected chi connectivity index (χ3v) is 2.68. The summed E-state index contributed by atoms with van der Waals surface area (Å²) in [6.07, 6.45) is 0. The Morgan fingerprint density at radius 1 is 1.05 bits per heavy atom. The van der Waals surface area contributed by atoms with Crippen LogP contribution in [0.1, 0.15) is 27.7 Å². The first kappa shape index (κ1) is 18.4. The Kier molecular flexibility index (Phi) is 8.54. The minimum absolute atomic E-state index is 0.00185. The second-order valence-corrected chi connectivity index (χ2v) is 4.83. The number of carboxylic acids is 1. The van der Waals surface area contributed by atoms with Crippen molar-refractivity contribution in [3.05, 3.63) is 0 Å². The summed E-state index contributed by atoms with van der Waals surface area (Å²) in [5.41, 5.74) is 0. The molecule has 2 amide bonds. The van der Waals surface area contributed by atoms with E-state index in [4.69, 9.17) is 5.11 Å². The van der Waals surface area contributed by atoms with Crippen LogP contribution < -0.4 is 5.32 Å². The van der Waals surface area contributed by atoms with Crippen molar-refractivity contribution in [2.45, 2.75) is 33.7 Å². The summed E-state index contributed by atoms with van der Waals surface area (Å²) in [4.78, 5) is 37.3. The minimum atomic E-state index is -0.972. The van der Waals surface area contributed by atoms with Crippen molar-refractivity contribution >= 4 is 17.8 Å². The summed E-state index contributed by atoms with van der Waals surface area (Å²) in [6.45, 7) is 7.97. The van der Waals surface area contributed by atoms with Gasteiger partial charge in [-0.15, -0.1) is 0 Å².